The van der Waals surface area contributed by atoms with Gasteiger partial charge < -0.3 is 14.0 Å². The van der Waals surface area contributed by atoms with E-state index in [1.54, 1.807) is 24.3 Å². The summed E-state index contributed by atoms with van der Waals surface area (Å²) >= 11 is 10.8. The van der Waals surface area contributed by atoms with E-state index >= 15 is 0 Å². The highest BCUT2D eigenvalue weighted by Gasteiger charge is 2.13. The second-order valence-electron chi connectivity index (χ2n) is 5.25. The summed E-state index contributed by atoms with van der Waals surface area (Å²) in [4.78, 5) is 38.1. The SMILES string of the molecule is O=C(CCCl)OCCOC(=O)CCc1nc(-c2cccc(C(=O)Cl)c2)no1. The van der Waals surface area contributed by atoms with Gasteiger partial charge in [-0.1, -0.05) is 23.4 Å². The van der Waals surface area contributed by atoms with Crippen LogP contribution < -0.4 is 0 Å². The topological polar surface area (TPSA) is 109 Å². The van der Waals surface area contributed by atoms with Crippen molar-refractivity contribution in [2.75, 3.05) is 19.1 Å². The van der Waals surface area contributed by atoms with Crippen LogP contribution in [-0.4, -0.2) is 46.4 Å². The van der Waals surface area contributed by atoms with Gasteiger partial charge in [0.2, 0.25) is 11.7 Å². The van der Waals surface area contributed by atoms with Crippen LogP contribution in [-0.2, 0) is 25.5 Å². The van der Waals surface area contributed by atoms with Gasteiger partial charge >= 0.3 is 11.9 Å². The third-order valence-corrected chi connectivity index (χ3v) is 3.67. The van der Waals surface area contributed by atoms with E-state index in [0.717, 1.165) is 0 Å². The third-order valence-electron chi connectivity index (χ3n) is 3.27. The molecule has 1 heterocycles. The molecular weight excluding hydrogens is 399 g/mol. The number of carbonyl (C=O) groups is 3. The molecule has 8 nitrogen and oxygen atoms in total. The monoisotopic (exact) mass is 414 g/mol. The molecule has 0 saturated heterocycles. The second-order valence-corrected chi connectivity index (χ2v) is 5.97. The molecule has 10 heteroatoms. The minimum atomic E-state index is -0.586. The van der Waals surface area contributed by atoms with Crippen LogP contribution in [0.15, 0.2) is 28.8 Å². The van der Waals surface area contributed by atoms with Crippen LogP contribution in [0.4, 0.5) is 0 Å². The van der Waals surface area contributed by atoms with Gasteiger partial charge in [-0.25, -0.2) is 0 Å². The van der Waals surface area contributed by atoms with Gasteiger partial charge in [-0.3, -0.25) is 14.4 Å². The minimum absolute atomic E-state index is 0.0253. The van der Waals surface area contributed by atoms with E-state index in [9.17, 15) is 14.4 Å². The number of halogens is 2. The molecule has 0 atom stereocenters. The zero-order valence-electron chi connectivity index (χ0n) is 14.2. The number of esters is 2. The number of aryl methyl sites for hydroxylation is 1. The molecule has 27 heavy (non-hydrogen) atoms. The average molecular weight is 415 g/mol. The summed E-state index contributed by atoms with van der Waals surface area (Å²) in [5.74, 6) is -0.225. The van der Waals surface area contributed by atoms with Crippen molar-refractivity contribution >= 4 is 40.4 Å². The van der Waals surface area contributed by atoms with Crippen LogP contribution in [0.3, 0.4) is 0 Å². The summed E-state index contributed by atoms with van der Waals surface area (Å²) in [6.07, 6.45) is 0.320. The van der Waals surface area contributed by atoms with Crippen molar-refractivity contribution in [1.82, 2.24) is 10.1 Å². The normalized spacial score (nSPS) is 10.4. The molecule has 2 aromatic rings. The van der Waals surface area contributed by atoms with E-state index in [1.165, 1.54) is 0 Å². The molecule has 0 aliphatic rings. The van der Waals surface area contributed by atoms with Crippen molar-refractivity contribution in [3.05, 3.63) is 35.7 Å². The maximum Gasteiger partial charge on any atom is 0.307 e. The number of aromatic nitrogens is 2. The lowest BCUT2D eigenvalue weighted by Crippen LogP contribution is -2.14. The first-order valence-electron chi connectivity index (χ1n) is 7.99. The Morgan fingerprint density at radius 2 is 1.78 bits per heavy atom. The number of alkyl halides is 1. The fraction of sp³-hybridized carbons (Fsp3) is 0.353. The van der Waals surface area contributed by atoms with Gasteiger partial charge in [0.25, 0.3) is 5.24 Å². The molecule has 0 fully saturated rings. The largest absolute Gasteiger partial charge is 0.462 e. The summed E-state index contributed by atoms with van der Waals surface area (Å²) in [6, 6.07) is 6.47. The molecule has 0 N–H and O–H groups in total. The number of hydrogen-bond acceptors (Lipinski definition) is 8. The maximum atomic E-state index is 11.7. The molecule has 0 aliphatic carbocycles. The second kappa shape index (κ2) is 10.6. The highest BCUT2D eigenvalue weighted by Crippen LogP contribution is 2.18. The smallest absolute Gasteiger partial charge is 0.307 e. The van der Waals surface area contributed by atoms with Gasteiger partial charge in [-0.05, 0) is 17.7 Å². The lowest BCUT2D eigenvalue weighted by molar-refractivity contribution is -0.152. The van der Waals surface area contributed by atoms with E-state index in [0.29, 0.717) is 11.1 Å². The Labute approximate surface area is 164 Å². The van der Waals surface area contributed by atoms with Crippen molar-refractivity contribution < 1.29 is 28.4 Å². The maximum absolute atomic E-state index is 11.7. The average Bonchev–Trinajstić information content (AvgIpc) is 3.13. The number of rotatable bonds is 10. The van der Waals surface area contributed by atoms with Gasteiger partial charge in [0, 0.05) is 23.4 Å². The van der Waals surface area contributed by atoms with Crippen LogP contribution in [0, 0.1) is 0 Å². The predicted octanol–water partition coefficient (Wildman–Crippen LogP) is 2.76. The molecule has 1 aromatic carbocycles. The molecule has 0 bridgehead atoms. The Hall–Kier alpha value is -2.45. The molecule has 0 unspecified atom stereocenters. The number of carbonyl (C=O) groups excluding carboxylic acids is 3. The van der Waals surface area contributed by atoms with E-state index < -0.39 is 17.2 Å². The van der Waals surface area contributed by atoms with Gasteiger partial charge in [0.15, 0.2) is 0 Å². The molecule has 0 aliphatic heterocycles. The fourth-order valence-corrected chi connectivity index (χ4v) is 2.27. The zero-order valence-corrected chi connectivity index (χ0v) is 15.7. The summed E-state index contributed by atoms with van der Waals surface area (Å²) in [5.41, 5.74) is 0.883. The van der Waals surface area contributed by atoms with Crippen molar-refractivity contribution in [2.24, 2.45) is 0 Å². The Balaban J connectivity index is 1.77. The first-order valence-corrected chi connectivity index (χ1v) is 8.91. The zero-order chi connectivity index (χ0) is 19.6. The van der Waals surface area contributed by atoms with Crippen LogP contribution >= 0.6 is 23.2 Å². The molecule has 0 amide bonds. The Morgan fingerprint density at radius 3 is 2.44 bits per heavy atom. The van der Waals surface area contributed by atoms with Crippen LogP contribution in [0.2, 0.25) is 0 Å². The predicted molar refractivity (Wildman–Crippen MR) is 95.5 cm³/mol. The number of nitrogens with zero attached hydrogens (tertiary/aromatic N) is 2. The molecule has 1 aromatic heterocycles. The van der Waals surface area contributed by atoms with Crippen LogP contribution in [0.1, 0.15) is 29.1 Å². The Morgan fingerprint density at radius 1 is 1.07 bits per heavy atom. The van der Waals surface area contributed by atoms with E-state index in [4.69, 9.17) is 37.2 Å². The summed E-state index contributed by atoms with van der Waals surface area (Å²) in [7, 11) is 0. The lowest BCUT2D eigenvalue weighted by atomic mass is 10.1. The van der Waals surface area contributed by atoms with E-state index in [1.807, 2.05) is 0 Å². The highest BCUT2D eigenvalue weighted by atomic mass is 35.5. The Kier molecular flexibility index (Phi) is 8.22. The summed E-state index contributed by atoms with van der Waals surface area (Å²) < 4.78 is 14.8. The van der Waals surface area contributed by atoms with Crippen LogP contribution in [0.5, 0.6) is 0 Å². The molecular formula is C17H16Cl2N2O6. The first-order chi connectivity index (χ1) is 13.0. The third kappa shape index (κ3) is 6.99. The first kappa shape index (κ1) is 20.9. The van der Waals surface area contributed by atoms with Gasteiger partial charge in [0.05, 0.1) is 12.8 Å². The van der Waals surface area contributed by atoms with Gasteiger partial charge in [0.1, 0.15) is 13.2 Å². The van der Waals surface area contributed by atoms with Crippen molar-refractivity contribution in [3.63, 3.8) is 0 Å². The molecule has 144 valence electrons. The molecule has 0 spiro atoms. The molecule has 0 saturated carbocycles. The minimum Gasteiger partial charge on any atom is -0.462 e. The highest BCUT2D eigenvalue weighted by molar-refractivity contribution is 6.67. The number of hydrogen-bond donors (Lipinski definition) is 0. The standard InChI is InChI=1S/C17H16Cl2N2O6/c18-7-6-15(23)26-9-8-25-14(22)5-4-13-20-17(21-27-13)12-3-1-2-11(10-12)16(19)24/h1-3,10H,4-9H2. The summed E-state index contributed by atoms with van der Waals surface area (Å²) in [6.45, 7) is -0.0665. The van der Waals surface area contributed by atoms with Crippen LogP contribution in [0.25, 0.3) is 11.4 Å². The van der Waals surface area contributed by atoms with Crippen molar-refractivity contribution in [1.29, 1.82) is 0 Å². The lowest BCUT2D eigenvalue weighted by Gasteiger charge is -2.05. The van der Waals surface area contributed by atoms with Crippen molar-refractivity contribution in [2.45, 2.75) is 19.3 Å². The van der Waals surface area contributed by atoms with E-state index in [2.05, 4.69) is 10.1 Å². The summed E-state index contributed by atoms with van der Waals surface area (Å²) in [5, 5.41) is 3.23. The van der Waals surface area contributed by atoms with Gasteiger partial charge in [-0.2, -0.15) is 4.98 Å². The molecule has 0 radical (unpaired) electrons. The fourth-order valence-electron chi connectivity index (χ4n) is 2.00. The van der Waals surface area contributed by atoms with Crippen molar-refractivity contribution in [3.8, 4) is 11.4 Å². The Bertz CT molecular complexity index is 808. The quantitative estimate of drug-likeness (QED) is 0.252. The number of benzene rings is 1. The number of ether oxygens (including phenoxy) is 2. The van der Waals surface area contributed by atoms with Gasteiger partial charge in [-0.15, -0.1) is 11.6 Å². The molecule has 2 rings (SSSR count). The van der Waals surface area contributed by atoms with E-state index in [-0.39, 0.29) is 50.1 Å².